The topological polar surface area (TPSA) is 62.2 Å². The van der Waals surface area contributed by atoms with Crippen molar-refractivity contribution >= 4 is 28.1 Å². The molecule has 0 fully saturated rings. The van der Waals surface area contributed by atoms with Crippen LogP contribution in [0.15, 0.2) is 29.6 Å². The number of benzene rings is 1. The number of nitrogens with one attached hydrogen (secondary N) is 1. The van der Waals surface area contributed by atoms with Gasteiger partial charge in [0.1, 0.15) is 0 Å². The van der Waals surface area contributed by atoms with Crippen LogP contribution in [-0.4, -0.2) is 16.1 Å². The zero-order valence-electron chi connectivity index (χ0n) is 12.5. The van der Waals surface area contributed by atoms with E-state index in [0.29, 0.717) is 6.42 Å². The van der Waals surface area contributed by atoms with Crippen molar-refractivity contribution in [1.82, 2.24) is 4.98 Å². The van der Waals surface area contributed by atoms with Gasteiger partial charge >= 0.3 is 5.97 Å². The third kappa shape index (κ3) is 4.56. The summed E-state index contributed by atoms with van der Waals surface area (Å²) in [5, 5.41) is 14.6. The predicted molar refractivity (Wildman–Crippen MR) is 86.5 cm³/mol. The molecule has 1 heterocycles. The van der Waals surface area contributed by atoms with Gasteiger partial charge < -0.3 is 10.4 Å². The van der Waals surface area contributed by atoms with Crippen LogP contribution in [0.1, 0.15) is 38.4 Å². The smallest absolute Gasteiger partial charge is 0.303 e. The molecule has 0 unspecified atom stereocenters. The van der Waals surface area contributed by atoms with Gasteiger partial charge in [-0.3, -0.25) is 4.79 Å². The maximum Gasteiger partial charge on any atom is 0.303 e. The lowest BCUT2D eigenvalue weighted by atomic mass is 9.87. The van der Waals surface area contributed by atoms with Crippen LogP contribution < -0.4 is 5.32 Å². The number of carboxylic acids is 1. The summed E-state index contributed by atoms with van der Waals surface area (Å²) in [4.78, 5) is 14.9. The normalized spacial score (nSPS) is 11.4. The fourth-order valence-electron chi connectivity index (χ4n) is 1.89. The molecule has 21 heavy (non-hydrogen) atoms. The number of aromatic nitrogens is 1. The molecule has 0 spiro atoms. The summed E-state index contributed by atoms with van der Waals surface area (Å²) in [6.07, 6.45) is 0.583. The van der Waals surface area contributed by atoms with Crippen molar-refractivity contribution in [1.29, 1.82) is 0 Å². The third-order valence-corrected chi connectivity index (χ3v) is 3.96. The molecule has 0 amide bonds. The number of rotatable bonds is 5. The first-order valence-corrected chi connectivity index (χ1v) is 7.76. The third-order valence-electron chi connectivity index (χ3n) is 3.15. The summed E-state index contributed by atoms with van der Waals surface area (Å²) in [6, 6.07) is 8.31. The first-order valence-electron chi connectivity index (χ1n) is 6.88. The van der Waals surface area contributed by atoms with Crippen LogP contribution in [0, 0.1) is 0 Å². The van der Waals surface area contributed by atoms with Gasteiger partial charge in [-0.1, -0.05) is 32.9 Å². The zero-order valence-corrected chi connectivity index (χ0v) is 13.3. The molecule has 0 radical (unpaired) electrons. The molecule has 0 bridgehead atoms. The quantitative estimate of drug-likeness (QED) is 0.869. The van der Waals surface area contributed by atoms with Gasteiger partial charge in [-0.25, -0.2) is 4.98 Å². The molecule has 0 saturated carbocycles. The van der Waals surface area contributed by atoms with E-state index in [1.165, 1.54) is 16.9 Å². The van der Waals surface area contributed by atoms with Crippen LogP contribution in [0.4, 0.5) is 10.8 Å². The molecule has 0 aliphatic carbocycles. The number of carbonyl (C=O) groups is 1. The Morgan fingerprint density at radius 2 is 1.95 bits per heavy atom. The molecular formula is C16H20N2O2S. The first-order chi connectivity index (χ1) is 9.84. The van der Waals surface area contributed by atoms with Crippen LogP contribution in [0.5, 0.6) is 0 Å². The molecule has 2 aromatic rings. The highest BCUT2D eigenvalue weighted by atomic mass is 32.1. The molecule has 0 aliphatic rings. The summed E-state index contributed by atoms with van der Waals surface area (Å²) < 4.78 is 0. The Bertz CT molecular complexity index is 612. The fraction of sp³-hybridized carbons (Fsp3) is 0.375. The highest BCUT2D eigenvalue weighted by Crippen LogP contribution is 2.26. The zero-order chi connectivity index (χ0) is 15.5. The number of hydrogen-bond acceptors (Lipinski definition) is 4. The molecule has 0 saturated heterocycles. The highest BCUT2D eigenvalue weighted by molar-refractivity contribution is 7.13. The Morgan fingerprint density at radius 3 is 2.52 bits per heavy atom. The lowest BCUT2D eigenvalue weighted by molar-refractivity contribution is -0.136. The second-order valence-corrected chi connectivity index (χ2v) is 6.85. The minimum absolute atomic E-state index is 0.115. The summed E-state index contributed by atoms with van der Waals surface area (Å²) >= 11 is 1.49. The molecule has 2 N–H and O–H groups in total. The van der Waals surface area contributed by atoms with Crippen molar-refractivity contribution in [3.05, 3.63) is 40.9 Å². The number of nitrogens with zero attached hydrogens (tertiary/aromatic N) is 1. The largest absolute Gasteiger partial charge is 0.481 e. The van der Waals surface area contributed by atoms with Crippen molar-refractivity contribution in [2.75, 3.05) is 5.32 Å². The van der Waals surface area contributed by atoms with E-state index in [-0.39, 0.29) is 11.8 Å². The highest BCUT2D eigenvalue weighted by Gasteiger charge is 2.13. The monoisotopic (exact) mass is 304 g/mol. The minimum Gasteiger partial charge on any atom is -0.481 e. The fourth-order valence-corrected chi connectivity index (χ4v) is 2.66. The van der Waals surface area contributed by atoms with E-state index < -0.39 is 5.97 Å². The van der Waals surface area contributed by atoms with Crippen molar-refractivity contribution in [2.24, 2.45) is 0 Å². The number of aliphatic carboxylic acids is 1. The Kier molecular flexibility index (Phi) is 4.63. The molecule has 5 heteroatoms. The van der Waals surface area contributed by atoms with E-state index in [4.69, 9.17) is 5.11 Å². The number of carboxylic acid groups (broad SMARTS) is 1. The number of thiazole rings is 1. The lowest BCUT2D eigenvalue weighted by Gasteiger charge is -2.19. The van der Waals surface area contributed by atoms with Crippen molar-refractivity contribution < 1.29 is 9.90 Å². The van der Waals surface area contributed by atoms with Gasteiger partial charge in [0.15, 0.2) is 5.13 Å². The summed E-state index contributed by atoms with van der Waals surface area (Å²) in [7, 11) is 0. The van der Waals surface area contributed by atoms with Gasteiger partial charge in [0.25, 0.3) is 0 Å². The van der Waals surface area contributed by atoms with E-state index >= 15 is 0 Å². The standard InChI is InChI=1S/C16H20N2O2S/c1-16(2,3)11-4-6-12(7-5-11)17-15-18-13(10-21-15)8-9-14(19)20/h4-7,10H,8-9H2,1-3H3,(H,17,18)(H,19,20). The second-order valence-electron chi connectivity index (χ2n) is 5.99. The lowest BCUT2D eigenvalue weighted by Crippen LogP contribution is -2.10. The number of anilines is 2. The summed E-state index contributed by atoms with van der Waals surface area (Å²) in [5.41, 5.74) is 3.23. The summed E-state index contributed by atoms with van der Waals surface area (Å²) in [5.74, 6) is -0.796. The van der Waals surface area contributed by atoms with Crippen molar-refractivity contribution in [3.63, 3.8) is 0 Å². The van der Waals surface area contributed by atoms with E-state index in [1.807, 2.05) is 17.5 Å². The summed E-state index contributed by atoms with van der Waals surface area (Å²) in [6.45, 7) is 6.56. The van der Waals surface area contributed by atoms with Crippen molar-refractivity contribution in [2.45, 2.75) is 39.0 Å². The molecule has 4 nitrogen and oxygen atoms in total. The number of aryl methyl sites for hydroxylation is 1. The van der Waals surface area contributed by atoms with E-state index in [1.54, 1.807) is 0 Å². The molecular weight excluding hydrogens is 284 g/mol. The van der Waals surface area contributed by atoms with Gasteiger partial charge in [-0.15, -0.1) is 11.3 Å². The van der Waals surface area contributed by atoms with Crippen molar-refractivity contribution in [3.8, 4) is 0 Å². The SMILES string of the molecule is CC(C)(C)c1ccc(Nc2nc(CCC(=O)O)cs2)cc1. The van der Waals surface area contributed by atoms with E-state index in [9.17, 15) is 4.79 Å². The molecule has 0 aliphatic heterocycles. The predicted octanol–water partition coefficient (Wildman–Crippen LogP) is 4.20. The van der Waals surface area contributed by atoms with Gasteiger partial charge in [-0.2, -0.15) is 0 Å². The Labute approximate surface area is 128 Å². The molecule has 1 aromatic heterocycles. The minimum atomic E-state index is -0.796. The second kappa shape index (κ2) is 6.26. The first kappa shape index (κ1) is 15.5. The van der Waals surface area contributed by atoms with Crippen LogP contribution in [0.25, 0.3) is 0 Å². The molecule has 1 aromatic carbocycles. The Hall–Kier alpha value is -1.88. The van der Waals surface area contributed by atoms with Crippen LogP contribution in [-0.2, 0) is 16.6 Å². The van der Waals surface area contributed by atoms with Gasteiger partial charge in [0.2, 0.25) is 0 Å². The average Bonchev–Trinajstić information content (AvgIpc) is 2.83. The maximum atomic E-state index is 10.5. The average molecular weight is 304 g/mol. The van der Waals surface area contributed by atoms with Gasteiger partial charge in [0.05, 0.1) is 12.1 Å². The van der Waals surface area contributed by atoms with Gasteiger partial charge in [0, 0.05) is 17.5 Å². The van der Waals surface area contributed by atoms with Gasteiger partial charge in [-0.05, 0) is 23.1 Å². The molecule has 112 valence electrons. The number of hydrogen-bond donors (Lipinski definition) is 2. The maximum absolute atomic E-state index is 10.5. The Morgan fingerprint density at radius 1 is 1.29 bits per heavy atom. The van der Waals surface area contributed by atoms with Crippen LogP contribution in [0.2, 0.25) is 0 Å². The van der Waals surface area contributed by atoms with E-state index in [2.05, 4.69) is 43.2 Å². The van der Waals surface area contributed by atoms with E-state index in [0.717, 1.165) is 16.5 Å². The van der Waals surface area contributed by atoms with Crippen LogP contribution in [0.3, 0.4) is 0 Å². The molecule has 2 rings (SSSR count). The Balaban J connectivity index is 2.00. The van der Waals surface area contributed by atoms with Crippen LogP contribution >= 0.6 is 11.3 Å². The molecule has 0 atom stereocenters.